The summed E-state index contributed by atoms with van der Waals surface area (Å²) in [4.78, 5) is 22.5. The van der Waals surface area contributed by atoms with Crippen LogP contribution in [0.4, 0.5) is 5.69 Å². The number of hydrogen-bond acceptors (Lipinski definition) is 4. The standard InChI is InChI=1S/C21H22N4O/c22-21(26)17-8-9-19(18-12-23-14-24-20(17)18)25-11-10-16(13-25)7-6-15-4-2-1-3-5-15/h1-5,8-9,12,14,16H,6-7,10-11,13H2,(H2,22,26). The van der Waals surface area contributed by atoms with Crippen LogP contribution in [0, 0.1) is 5.92 Å². The van der Waals surface area contributed by atoms with Crippen molar-refractivity contribution in [1.29, 1.82) is 0 Å². The van der Waals surface area contributed by atoms with E-state index in [0.717, 1.165) is 30.6 Å². The summed E-state index contributed by atoms with van der Waals surface area (Å²) in [5.41, 5.74) is 9.06. The molecule has 5 heteroatoms. The second kappa shape index (κ2) is 7.12. The minimum absolute atomic E-state index is 0.450. The van der Waals surface area contributed by atoms with Crippen molar-refractivity contribution in [3.05, 3.63) is 66.1 Å². The minimum atomic E-state index is -0.456. The van der Waals surface area contributed by atoms with E-state index in [2.05, 4.69) is 45.2 Å². The Labute approximate surface area is 152 Å². The molecule has 0 aliphatic carbocycles. The molecule has 0 saturated carbocycles. The van der Waals surface area contributed by atoms with Gasteiger partial charge in [0.05, 0.1) is 11.1 Å². The van der Waals surface area contributed by atoms with Crippen LogP contribution < -0.4 is 10.6 Å². The van der Waals surface area contributed by atoms with E-state index in [-0.39, 0.29) is 0 Å². The molecule has 4 rings (SSSR count). The zero-order valence-corrected chi connectivity index (χ0v) is 14.6. The largest absolute Gasteiger partial charge is 0.371 e. The van der Waals surface area contributed by atoms with Crippen molar-refractivity contribution in [3.8, 4) is 0 Å². The van der Waals surface area contributed by atoms with E-state index in [9.17, 15) is 4.79 Å². The fourth-order valence-electron chi connectivity index (χ4n) is 3.84. The first kappa shape index (κ1) is 16.5. The summed E-state index contributed by atoms with van der Waals surface area (Å²) in [7, 11) is 0. The molecule has 1 unspecified atom stereocenters. The number of anilines is 1. The first-order valence-electron chi connectivity index (χ1n) is 9.04. The third kappa shape index (κ3) is 3.25. The van der Waals surface area contributed by atoms with Crippen LogP contribution in [0.3, 0.4) is 0 Å². The van der Waals surface area contributed by atoms with Gasteiger partial charge in [-0.2, -0.15) is 0 Å². The molecule has 1 aliphatic heterocycles. The van der Waals surface area contributed by atoms with Gasteiger partial charge >= 0.3 is 0 Å². The van der Waals surface area contributed by atoms with E-state index in [1.807, 2.05) is 6.07 Å². The van der Waals surface area contributed by atoms with Crippen LogP contribution in [-0.2, 0) is 6.42 Å². The zero-order valence-electron chi connectivity index (χ0n) is 14.6. The van der Waals surface area contributed by atoms with Crippen molar-refractivity contribution in [2.75, 3.05) is 18.0 Å². The van der Waals surface area contributed by atoms with Gasteiger partial charge in [-0.15, -0.1) is 0 Å². The van der Waals surface area contributed by atoms with E-state index in [4.69, 9.17) is 5.73 Å². The van der Waals surface area contributed by atoms with Crippen LogP contribution in [-0.4, -0.2) is 29.0 Å². The van der Waals surface area contributed by atoms with Crippen LogP contribution >= 0.6 is 0 Å². The summed E-state index contributed by atoms with van der Waals surface area (Å²) >= 11 is 0. The third-order valence-electron chi connectivity index (χ3n) is 5.23. The van der Waals surface area contributed by atoms with Gasteiger partial charge in [-0.1, -0.05) is 30.3 Å². The lowest BCUT2D eigenvalue weighted by molar-refractivity contribution is 0.100. The molecule has 26 heavy (non-hydrogen) atoms. The first-order chi connectivity index (χ1) is 12.7. The fourth-order valence-corrected chi connectivity index (χ4v) is 3.84. The summed E-state index contributed by atoms with van der Waals surface area (Å²) in [5.74, 6) is 0.216. The molecule has 5 nitrogen and oxygen atoms in total. The molecule has 1 saturated heterocycles. The molecule has 2 N–H and O–H groups in total. The third-order valence-corrected chi connectivity index (χ3v) is 5.23. The zero-order chi connectivity index (χ0) is 17.9. The molecule has 2 heterocycles. The molecule has 2 aromatic carbocycles. The lowest BCUT2D eigenvalue weighted by Crippen LogP contribution is -2.21. The smallest absolute Gasteiger partial charge is 0.250 e. The average molecular weight is 346 g/mol. The number of nitrogens with two attached hydrogens (primary N) is 1. The van der Waals surface area contributed by atoms with Crippen LogP contribution in [0.15, 0.2) is 55.0 Å². The van der Waals surface area contributed by atoms with Gasteiger partial charge in [0.15, 0.2) is 0 Å². The van der Waals surface area contributed by atoms with Crippen LogP contribution in [0.25, 0.3) is 10.9 Å². The van der Waals surface area contributed by atoms with Gasteiger partial charge in [0.25, 0.3) is 5.91 Å². The van der Waals surface area contributed by atoms with Crippen LogP contribution in [0.1, 0.15) is 28.8 Å². The van der Waals surface area contributed by atoms with Gasteiger partial charge in [-0.05, 0) is 42.9 Å². The number of carbonyl (C=O) groups is 1. The van der Waals surface area contributed by atoms with Crippen molar-refractivity contribution < 1.29 is 4.79 Å². The summed E-state index contributed by atoms with van der Waals surface area (Å²) in [6.07, 6.45) is 6.73. The van der Waals surface area contributed by atoms with E-state index >= 15 is 0 Å². The van der Waals surface area contributed by atoms with Gasteiger partial charge in [0.2, 0.25) is 0 Å². The molecule has 1 atom stereocenters. The molecule has 1 fully saturated rings. The second-order valence-corrected chi connectivity index (χ2v) is 6.91. The highest BCUT2D eigenvalue weighted by Gasteiger charge is 2.24. The molecule has 1 aliphatic rings. The maximum atomic E-state index is 11.7. The quantitative estimate of drug-likeness (QED) is 0.770. The molecular weight excluding hydrogens is 324 g/mol. The molecule has 0 radical (unpaired) electrons. The van der Waals surface area contributed by atoms with Crippen molar-refractivity contribution in [3.63, 3.8) is 0 Å². The number of benzene rings is 2. The lowest BCUT2D eigenvalue weighted by Gasteiger charge is -2.21. The van der Waals surface area contributed by atoms with Gasteiger partial charge in [0.1, 0.15) is 6.33 Å². The van der Waals surface area contributed by atoms with Crippen LogP contribution in [0.2, 0.25) is 0 Å². The summed E-state index contributed by atoms with van der Waals surface area (Å²) in [5, 5.41) is 0.896. The molecule has 0 spiro atoms. The Morgan fingerprint density at radius 2 is 2.04 bits per heavy atom. The van der Waals surface area contributed by atoms with E-state index < -0.39 is 5.91 Å². The predicted molar refractivity (Wildman–Crippen MR) is 103 cm³/mol. The topological polar surface area (TPSA) is 72.1 Å². The van der Waals surface area contributed by atoms with Crippen molar-refractivity contribution in [2.45, 2.75) is 19.3 Å². The van der Waals surface area contributed by atoms with Crippen LogP contribution in [0.5, 0.6) is 0 Å². The highest BCUT2D eigenvalue weighted by atomic mass is 16.1. The number of aromatic nitrogens is 2. The van der Waals surface area contributed by atoms with Crippen molar-refractivity contribution >= 4 is 22.5 Å². The van der Waals surface area contributed by atoms with Gasteiger partial charge in [-0.25, -0.2) is 9.97 Å². The van der Waals surface area contributed by atoms with E-state index in [0.29, 0.717) is 17.0 Å². The lowest BCUT2D eigenvalue weighted by atomic mass is 9.99. The number of aryl methyl sites for hydroxylation is 1. The van der Waals surface area contributed by atoms with Crippen molar-refractivity contribution in [1.82, 2.24) is 9.97 Å². The van der Waals surface area contributed by atoms with E-state index in [1.165, 1.54) is 24.7 Å². The van der Waals surface area contributed by atoms with E-state index in [1.54, 1.807) is 12.3 Å². The average Bonchev–Trinajstić information content (AvgIpc) is 3.15. The highest BCUT2D eigenvalue weighted by Crippen LogP contribution is 2.32. The maximum absolute atomic E-state index is 11.7. The van der Waals surface area contributed by atoms with Crippen molar-refractivity contribution in [2.24, 2.45) is 11.7 Å². The minimum Gasteiger partial charge on any atom is -0.371 e. The Kier molecular flexibility index (Phi) is 4.52. The normalized spacial score (nSPS) is 16.9. The Hall–Kier alpha value is -2.95. The first-order valence-corrected chi connectivity index (χ1v) is 9.04. The Balaban J connectivity index is 1.52. The molecule has 1 amide bonds. The maximum Gasteiger partial charge on any atom is 0.250 e. The molecule has 132 valence electrons. The van der Waals surface area contributed by atoms with Gasteiger partial charge in [0, 0.05) is 30.4 Å². The highest BCUT2D eigenvalue weighted by molar-refractivity contribution is 6.07. The molecule has 3 aromatic rings. The SMILES string of the molecule is NC(=O)c1ccc(N2CCC(CCc3ccccc3)C2)c2cncnc12. The summed E-state index contributed by atoms with van der Waals surface area (Å²) in [6.45, 7) is 2.03. The second-order valence-electron chi connectivity index (χ2n) is 6.91. The fraction of sp³-hybridized carbons (Fsp3) is 0.286. The number of carbonyl (C=O) groups excluding carboxylic acids is 1. The molecule has 0 bridgehead atoms. The number of amides is 1. The number of primary amides is 1. The Morgan fingerprint density at radius 1 is 1.19 bits per heavy atom. The number of nitrogens with zero attached hydrogens (tertiary/aromatic N) is 3. The molecule has 1 aromatic heterocycles. The van der Waals surface area contributed by atoms with Gasteiger partial charge < -0.3 is 10.6 Å². The Bertz CT molecular complexity index is 926. The Morgan fingerprint density at radius 3 is 2.85 bits per heavy atom. The predicted octanol–water partition coefficient (Wildman–Crippen LogP) is 3.19. The number of rotatable bonds is 5. The number of fused-ring (bicyclic) bond motifs is 1. The monoisotopic (exact) mass is 346 g/mol. The summed E-state index contributed by atoms with van der Waals surface area (Å²) in [6, 6.07) is 14.4. The summed E-state index contributed by atoms with van der Waals surface area (Å²) < 4.78 is 0. The van der Waals surface area contributed by atoms with Gasteiger partial charge in [-0.3, -0.25) is 4.79 Å². The molecular formula is C21H22N4O. The number of hydrogen-bond donors (Lipinski definition) is 1.